The fraction of sp³-hybridized carbons (Fsp3) is 0. The lowest BCUT2D eigenvalue weighted by atomic mass is 10.2. The number of halogens is 2. The summed E-state index contributed by atoms with van der Waals surface area (Å²) >= 11 is 5.77. The molecule has 0 bridgehead atoms. The number of hydrogen-bond acceptors (Lipinski definition) is 1. The summed E-state index contributed by atoms with van der Waals surface area (Å²) in [5, 5.41) is 1.13. The Labute approximate surface area is 73.8 Å². The zero-order valence-electron chi connectivity index (χ0n) is 6.01. The highest BCUT2D eigenvalue weighted by Gasteiger charge is 2.01. The Morgan fingerprint density at radius 3 is 3.08 bits per heavy atom. The molecule has 0 amide bonds. The Kier molecular flexibility index (Phi) is 1.70. The quantitative estimate of drug-likeness (QED) is 0.608. The van der Waals surface area contributed by atoms with Gasteiger partial charge in [0.05, 0.1) is 16.7 Å². The van der Waals surface area contributed by atoms with Gasteiger partial charge in [0.1, 0.15) is 5.82 Å². The van der Waals surface area contributed by atoms with E-state index in [4.69, 9.17) is 11.6 Å². The van der Waals surface area contributed by atoms with Crippen molar-refractivity contribution in [2.45, 2.75) is 0 Å². The molecule has 0 saturated heterocycles. The van der Waals surface area contributed by atoms with Crippen molar-refractivity contribution < 1.29 is 4.39 Å². The van der Waals surface area contributed by atoms with Gasteiger partial charge in [-0.3, -0.25) is 0 Å². The van der Waals surface area contributed by atoms with Crippen LogP contribution >= 0.6 is 11.6 Å². The average molecular weight is 181 g/mol. The van der Waals surface area contributed by atoms with E-state index in [2.05, 4.69) is 11.2 Å². The number of pyridine rings is 1. The van der Waals surface area contributed by atoms with Crippen molar-refractivity contribution in [3.05, 3.63) is 41.3 Å². The molecule has 3 heteroatoms. The largest absolute Gasteiger partial charge is 0.246 e. The molecule has 12 heavy (non-hydrogen) atoms. The maximum absolute atomic E-state index is 12.8. The third kappa shape index (κ3) is 1.14. The van der Waals surface area contributed by atoms with Gasteiger partial charge in [-0.05, 0) is 18.2 Å². The molecule has 0 N–H and O–H groups in total. The summed E-state index contributed by atoms with van der Waals surface area (Å²) in [5.41, 5.74) is 0.530. The van der Waals surface area contributed by atoms with Gasteiger partial charge < -0.3 is 0 Å². The number of nitrogens with zero attached hydrogens (tertiary/aromatic N) is 1. The average Bonchev–Trinajstić information content (AvgIpc) is 2.04. The van der Waals surface area contributed by atoms with E-state index in [-0.39, 0.29) is 5.82 Å². The minimum Gasteiger partial charge on any atom is -0.246 e. The number of benzene rings is 1. The van der Waals surface area contributed by atoms with Crippen LogP contribution in [0.25, 0.3) is 10.9 Å². The second-order valence-electron chi connectivity index (χ2n) is 2.39. The molecule has 0 atom stereocenters. The number of fused-ring (bicyclic) bond motifs is 1. The van der Waals surface area contributed by atoms with Gasteiger partial charge in [-0.2, -0.15) is 0 Å². The van der Waals surface area contributed by atoms with Crippen molar-refractivity contribution >= 4 is 22.5 Å². The summed E-state index contributed by atoms with van der Waals surface area (Å²) in [5.74, 6) is -0.375. The Balaban J connectivity index is 2.89. The van der Waals surface area contributed by atoms with Crippen LogP contribution in [0.15, 0.2) is 24.3 Å². The number of hydrogen-bond donors (Lipinski definition) is 0. The lowest BCUT2D eigenvalue weighted by Gasteiger charge is -1.97. The maximum atomic E-state index is 12.8. The molecular weight excluding hydrogens is 177 g/mol. The normalized spacial score (nSPS) is 10.5. The third-order valence-electron chi connectivity index (χ3n) is 1.58. The molecule has 0 unspecified atom stereocenters. The monoisotopic (exact) mass is 180 g/mol. The van der Waals surface area contributed by atoms with Crippen molar-refractivity contribution in [3.63, 3.8) is 0 Å². The Hall–Kier alpha value is -1.15. The van der Waals surface area contributed by atoms with Gasteiger partial charge in [0, 0.05) is 11.5 Å². The SMILES string of the molecule is Fc1cc(Cl)c2cc[c]nc2c1. The molecule has 2 rings (SSSR count). The molecule has 59 valence electrons. The Morgan fingerprint density at radius 2 is 2.25 bits per heavy atom. The van der Waals surface area contributed by atoms with E-state index in [0.717, 1.165) is 5.39 Å². The van der Waals surface area contributed by atoms with Crippen LogP contribution in [0.3, 0.4) is 0 Å². The summed E-state index contributed by atoms with van der Waals surface area (Å²) < 4.78 is 12.8. The van der Waals surface area contributed by atoms with E-state index < -0.39 is 0 Å². The standard InChI is InChI=1S/C9H4ClFN/c10-8-4-6(11)5-9-7(8)2-1-3-12-9/h1-2,4-5H. The van der Waals surface area contributed by atoms with Crippen molar-refractivity contribution in [2.24, 2.45) is 0 Å². The zero-order chi connectivity index (χ0) is 8.55. The lowest BCUT2D eigenvalue weighted by molar-refractivity contribution is 0.629. The summed E-state index contributed by atoms with van der Waals surface area (Å²) in [6.07, 6.45) is 2.61. The molecule has 1 heterocycles. The molecule has 1 aromatic heterocycles. The summed E-state index contributed by atoms with van der Waals surface area (Å²) in [6.45, 7) is 0. The molecule has 1 radical (unpaired) electrons. The van der Waals surface area contributed by atoms with Crippen LogP contribution in [0.2, 0.25) is 5.02 Å². The van der Waals surface area contributed by atoms with Crippen molar-refractivity contribution in [1.82, 2.24) is 4.98 Å². The Bertz CT molecular complexity index is 428. The molecule has 1 nitrogen and oxygen atoms in total. The van der Waals surface area contributed by atoms with Crippen LogP contribution in [0.4, 0.5) is 4.39 Å². The van der Waals surface area contributed by atoms with Crippen LogP contribution in [-0.2, 0) is 0 Å². The molecule has 0 fully saturated rings. The van der Waals surface area contributed by atoms with Crippen molar-refractivity contribution in [1.29, 1.82) is 0 Å². The first kappa shape index (κ1) is 7.50. The predicted molar refractivity (Wildman–Crippen MR) is 45.5 cm³/mol. The lowest BCUT2D eigenvalue weighted by Crippen LogP contribution is -1.81. The minimum absolute atomic E-state index is 0.375. The highest BCUT2D eigenvalue weighted by atomic mass is 35.5. The summed E-state index contributed by atoms with van der Waals surface area (Å²) in [4.78, 5) is 3.85. The first-order valence-electron chi connectivity index (χ1n) is 3.39. The van der Waals surface area contributed by atoms with E-state index >= 15 is 0 Å². The van der Waals surface area contributed by atoms with E-state index in [0.29, 0.717) is 10.5 Å². The molecule has 0 aliphatic carbocycles. The molecule has 1 aromatic carbocycles. The molecular formula is C9H4ClFN. The topological polar surface area (TPSA) is 12.9 Å². The van der Waals surface area contributed by atoms with Crippen LogP contribution in [-0.4, -0.2) is 4.98 Å². The molecule has 0 aliphatic heterocycles. The Morgan fingerprint density at radius 1 is 1.42 bits per heavy atom. The van der Waals surface area contributed by atoms with Crippen LogP contribution in [0.5, 0.6) is 0 Å². The van der Waals surface area contributed by atoms with Crippen LogP contribution < -0.4 is 0 Å². The van der Waals surface area contributed by atoms with Gasteiger partial charge in [0.2, 0.25) is 0 Å². The summed E-state index contributed by atoms with van der Waals surface area (Å²) in [7, 11) is 0. The van der Waals surface area contributed by atoms with Gasteiger partial charge in [0.15, 0.2) is 0 Å². The van der Waals surface area contributed by atoms with E-state index in [9.17, 15) is 4.39 Å². The molecule has 2 aromatic rings. The van der Waals surface area contributed by atoms with Gasteiger partial charge in [-0.1, -0.05) is 11.6 Å². The molecule has 0 saturated carbocycles. The zero-order valence-corrected chi connectivity index (χ0v) is 6.77. The first-order chi connectivity index (χ1) is 5.77. The molecule has 0 aliphatic rings. The first-order valence-corrected chi connectivity index (χ1v) is 3.77. The minimum atomic E-state index is -0.375. The third-order valence-corrected chi connectivity index (χ3v) is 1.89. The van der Waals surface area contributed by atoms with Gasteiger partial charge in [-0.25, -0.2) is 9.37 Å². The van der Waals surface area contributed by atoms with Crippen LogP contribution in [0, 0.1) is 12.0 Å². The second-order valence-corrected chi connectivity index (χ2v) is 2.80. The smallest absolute Gasteiger partial charge is 0.126 e. The van der Waals surface area contributed by atoms with Crippen molar-refractivity contribution in [2.75, 3.05) is 0 Å². The highest BCUT2D eigenvalue weighted by molar-refractivity contribution is 6.35. The fourth-order valence-electron chi connectivity index (χ4n) is 1.06. The van der Waals surface area contributed by atoms with Gasteiger partial charge in [-0.15, -0.1) is 0 Å². The maximum Gasteiger partial charge on any atom is 0.126 e. The van der Waals surface area contributed by atoms with Gasteiger partial charge >= 0.3 is 0 Å². The van der Waals surface area contributed by atoms with E-state index in [1.54, 1.807) is 12.1 Å². The number of aromatic nitrogens is 1. The number of rotatable bonds is 0. The fourth-order valence-corrected chi connectivity index (χ4v) is 1.32. The van der Waals surface area contributed by atoms with Crippen molar-refractivity contribution in [3.8, 4) is 0 Å². The highest BCUT2D eigenvalue weighted by Crippen LogP contribution is 2.22. The predicted octanol–water partition coefficient (Wildman–Crippen LogP) is 2.83. The second kappa shape index (κ2) is 2.72. The summed E-state index contributed by atoms with van der Waals surface area (Å²) in [6, 6.07) is 6.00. The van der Waals surface area contributed by atoms with Gasteiger partial charge in [0.25, 0.3) is 0 Å². The van der Waals surface area contributed by atoms with Crippen LogP contribution in [0.1, 0.15) is 0 Å². The van der Waals surface area contributed by atoms with E-state index in [1.807, 2.05) is 0 Å². The van der Waals surface area contributed by atoms with E-state index in [1.165, 1.54) is 12.1 Å². The molecule has 0 spiro atoms.